The fourth-order valence-electron chi connectivity index (χ4n) is 2.43. The highest BCUT2D eigenvalue weighted by Gasteiger charge is 2.18. The third-order valence-corrected chi connectivity index (χ3v) is 3.45. The van der Waals surface area contributed by atoms with E-state index < -0.39 is 0 Å². The minimum atomic E-state index is -0.231. The van der Waals surface area contributed by atoms with E-state index in [4.69, 9.17) is 5.11 Å². The minimum absolute atomic E-state index is 0.110. The summed E-state index contributed by atoms with van der Waals surface area (Å²) < 4.78 is 13.9. The van der Waals surface area contributed by atoms with Crippen molar-refractivity contribution in [2.75, 3.05) is 37.6 Å². The Morgan fingerprint density at radius 1 is 1.22 bits per heavy atom. The first-order chi connectivity index (χ1) is 8.74. The molecule has 1 aromatic carbocycles. The van der Waals surface area contributed by atoms with Crippen molar-refractivity contribution in [1.29, 1.82) is 0 Å². The standard InChI is InChI=1S/C14H21FN2O/c1-2-5-16-6-8-17(9-7-16)14-4-3-12(11-18)10-13(14)15/h3-4,10,18H,2,5-9,11H2,1H3. The van der Waals surface area contributed by atoms with Crippen LogP contribution in [0.5, 0.6) is 0 Å². The van der Waals surface area contributed by atoms with Gasteiger partial charge in [-0.05, 0) is 30.7 Å². The van der Waals surface area contributed by atoms with Crippen molar-refractivity contribution < 1.29 is 9.50 Å². The lowest BCUT2D eigenvalue weighted by Gasteiger charge is -2.36. The van der Waals surface area contributed by atoms with Gasteiger partial charge in [0.25, 0.3) is 0 Å². The van der Waals surface area contributed by atoms with Crippen LogP contribution >= 0.6 is 0 Å². The molecular weight excluding hydrogens is 231 g/mol. The summed E-state index contributed by atoms with van der Waals surface area (Å²) in [7, 11) is 0. The Hall–Kier alpha value is -1.13. The Balaban J connectivity index is 2.01. The Bertz CT molecular complexity index is 389. The number of aliphatic hydroxyl groups is 1. The average Bonchev–Trinajstić information content (AvgIpc) is 2.40. The van der Waals surface area contributed by atoms with Crippen LogP contribution in [0.25, 0.3) is 0 Å². The lowest BCUT2D eigenvalue weighted by molar-refractivity contribution is 0.257. The number of rotatable bonds is 4. The Kier molecular flexibility index (Phi) is 4.55. The quantitative estimate of drug-likeness (QED) is 0.886. The summed E-state index contributed by atoms with van der Waals surface area (Å²) in [4.78, 5) is 4.50. The summed E-state index contributed by atoms with van der Waals surface area (Å²) >= 11 is 0. The van der Waals surface area contributed by atoms with E-state index in [1.807, 2.05) is 0 Å². The predicted octanol–water partition coefficient (Wildman–Crippen LogP) is 1.85. The Morgan fingerprint density at radius 3 is 2.50 bits per heavy atom. The molecule has 18 heavy (non-hydrogen) atoms. The molecule has 0 bridgehead atoms. The van der Waals surface area contributed by atoms with E-state index in [-0.39, 0.29) is 12.4 Å². The molecule has 1 aliphatic heterocycles. The molecule has 0 spiro atoms. The van der Waals surface area contributed by atoms with E-state index in [1.54, 1.807) is 12.1 Å². The normalized spacial score (nSPS) is 17.2. The second-order valence-corrected chi connectivity index (χ2v) is 4.77. The van der Waals surface area contributed by atoms with Gasteiger partial charge in [0.05, 0.1) is 12.3 Å². The molecule has 0 aromatic heterocycles. The summed E-state index contributed by atoms with van der Waals surface area (Å²) in [6, 6.07) is 4.99. The number of hydrogen-bond acceptors (Lipinski definition) is 3. The third kappa shape index (κ3) is 3.00. The van der Waals surface area contributed by atoms with Gasteiger partial charge in [-0.1, -0.05) is 13.0 Å². The zero-order chi connectivity index (χ0) is 13.0. The van der Waals surface area contributed by atoms with Crippen molar-refractivity contribution in [1.82, 2.24) is 4.90 Å². The highest BCUT2D eigenvalue weighted by atomic mass is 19.1. The monoisotopic (exact) mass is 252 g/mol. The van der Waals surface area contributed by atoms with Crippen LogP contribution in [0.3, 0.4) is 0 Å². The fraction of sp³-hybridized carbons (Fsp3) is 0.571. The van der Waals surface area contributed by atoms with Gasteiger partial charge in [0.15, 0.2) is 0 Å². The van der Waals surface area contributed by atoms with Gasteiger partial charge in [0, 0.05) is 26.2 Å². The van der Waals surface area contributed by atoms with Gasteiger partial charge in [-0.15, -0.1) is 0 Å². The largest absolute Gasteiger partial charge is 0.392 e. The predicted molar refractivity (Wildman–Crippen MR) is 71.3 cm³/mol. The van der Waals surface area contributed by atoms with E-state index in [1.165, 1.54) is 12.5 Å². The number of benzene rings is 1. The van der Waals surface area contributed by atoms with Gasteiger partial charge in [-0.3, -0.25) is 4.90 Å². The Morgan fingerprint density at radius 2 is 1.94 bits per heavy atom. The van der Waals surface area contributed by atoms with Gasteiger partial charge in [-0.2, -0.15) is 0 Å². The van der Waals surface area contributed by atoms with Crippen molar-refractivity contribution in [2.24, 2.45) is 0 Å². The number of anilines is 1. The van der Waals surface area contributed by atoms with Gasteiger partial charge in [0.2, 0.25) is 0 Å². The molecule has 0 amide bonds. The zero-order valence-electron chi connectivity index (χ0n) is 10.9. The van der Waals surface area contributed by atoms with E-state index >= 15 is 0 Å². The summed E-state index contributed by atoms with van der Waals surface area (Å²) in [5.74, 6) is -0.231. The number of nitrogens with zero attached hydrogens (tertiary/aromatic N) is 2. The van der Waals surface area contributed by atoms with Crippen molar-refractivity contribution >= 4 is 5.69 Å². The van der Waals surface area contributed by atoms with Gasteiger partial charge in [-0.25, -0.2) is 4.39 Å². The molecule has 0 radical (unpaired) electrons. The number of halogens is 1. The van der Waals surface area contributed by atoms with Gasteiger partial charge < -0.3 is 10.0 Å². The molecule has 4 heteroatoms. The molecule has 3 nitrogen and oxygen atoms in total. The fourth-order valence-corrected chi connectivity index (χ4v) is 2.43. The maximum absolute atomic E-state index is 13.9. The van der Waals surface area contributed by atoms with E-state index in [0.29, 0.717) is 11.3 Å². The SMILES string of the molecule is CCCN1CCN(c2ccc(CO)cc2F)CC1. The third-order valence-electron chi connectivity index (χ3n) is 3.45. The van der Waals surface area contributed by atoms with Crippen molar-refractivity contribution in [3.05, 3.63) is 29.6 Å². The van der Waals surface area contributed by atoms with Crippen LogP contribution in [0.1, 0.15) is 18.9 Å². The molecule has 0 aliphatic carbocycles. The molecule has 0 saturated carbocycles. The maximum Gasteiger partial charge on any atom is 0.146 e. The first-order valence-electron chi connectivity index (χ1n) is 6.61. The molecule has 1 aliphatic rings. The summed E-state index contributed by atoms with van der Waals surface area (Å²) in [6.07, 6.45) is 1.17. The smallest absolute Gasteiger partial charge is 0.146 e. The molecule has 100 valence electrons. The topological polar surface area (TPSA) is 26.7 Å². The highest BCUT2D eigenvalue weighted by Crippen LogP contribution is 2.22. The van der Waals surface area contributed by atoms with E-state index in [9.17, 15) is 4.39 Å². The van der Waals surface area contributed by atoms with Crippen LogP contribution in [-0.4, -0.2) is 42.7 Å². The molecule has 1 aromatic rings. The van der Waals surface area contributed by atoms with Crippen LogP contribution in [0.15, 0.2) is 18.2 Å². The van der Waals surface area contributed by atoms with Crippen LogP contribution in [0.2, 0.25) is 0 Å². The molecule has 1 heterocycles. The molecule has 0 unspecified atom stereocenters. The first kappa shape index (κ1) is 13.3. The lowest BCUT2D eigenvalue weighted by atomic mass is 10.1. The van der Waals surface area contributed by atoms with Crippen LogP contribution in [0.4, 0.5) is 10.1 Å². The molecule has 0 atom stereocenters. The number of hydrogen-bond donors (Lipinski definition) is 1. The van der Waals surface area contributed by atoms with Crippen LogP contribution < -0.4 is 4.90 Å². The first-order valence-corrected chi connectivity index (χ1v) is 6.61. The maximum atomic E-state index is 13.9. The van der Waals surface area contributed by atoms with Gasteiger partial charge in [0.1, 0.15) is 5.82 Å². The van der Waals surface area contributed by atoms with Crippen LogP contribution in [0, 0.1) is 5.82 Å². The number of piperazine rings is 1. The van der Waals surface area contributed by atoms with Crippen molar-refractivity contribution in [3.8, 4) is 0 Å². The summed E-state index contributed by atoms with van der Waals surface area (Å²) in [5.41, 5.74) is 1.28. The average molecular weight is 252 g/mol. The molecule has 1 fully saturated rings. The summed E-state index contributed by atoms with van der Waals surface area (Å²) in [6.45, 7) is 6.93. The zero-order valence-corrected chi connectivity index (χ0v) is 10.9. The summed E-state index contributed by atoms with van der Waals surface area (Å²) in [5, 5.41) is 8.97. The second kappa shape index (κ2) is 6.16. The molecular formula is C14H21FN2O. The minimum Gasteiger partial charge on any atom is -0.392 e. The molecule has 1 saturated heterocycles. The highest BCUT2D eigenvalue weighted by molar-refractivity contribution is 5.49. The lowest BCUT2D eigenvalue weighted by Crippen LogP contribution is -2.46. The molecule has 2 rings (SSSR count). The second-order valence-electron chi connectivity index (χ2n) is 4.77. The number of aliphatic hydroxyl groups excluding tert-OH is 1. The molecule has 1 N–H and O–H groups in total. The van der Waals surface area contributed by atoms with Crippen molar-refractivity contribution in [2.45, 2.75) is 20.0 Å². The van der Waals surface area contributed by atoms with Crippen molar-refractivity contribution in [3.63, 3.8) is 0 Å². The van der Waals surface area contributed by atoms with E-state index in [2.05, 4.69) is 16.7 Å². The van der Waals surface area contributed by atoms with Gasteiger partial charge >= 0.3 is 0 Å². The van der Waals surface area contributed by atoms with E-state index in [0.717, 1.165) is 32.7 Å². The van der Waals surface area contributed by atoms with Crippen LogP contribution in [-0.2, 0) is 6.61 Å². The Labute approximate surface area is 108 Å².